The SMILES string of the molecule is CNc1nc(N2CCc3sccc3C2C)c2cn[nH]c2n1. The van der Waals surface area contributed by atoms with E-state index in [9.17, 15) is 0 Å². The number of fused-ring (bicyclic) bond motifs is 2. The third-order valence-corrected chi connectivity index (χ3v) is 5.06. The Bertz CT molecular complexity index is 792. The molecule has 7 heteroatoms. The van der Waals surface area contributed by atoms with Gasteiger partial charge in [-0.2, -0.15) is 15.1 Å². The molecule has 0 bridgehead atoms. The van der Waals surface area contributed by atoms with Gasteiger partial charge in [0, 0.05) is 18.5 Å². The Hall–Kier alpha value is -2.15. The zero-order valence-corrected chi connectivity index (χ0v) is 12.7. The molecule has 21 heavy (non-hydrogen) atoms. The van der Waals surface area contributed by atoms with Gasteiger partial charge in [-0.3, -0.25) is 5.10 Å². The molecule has 108 valence electrons. The molecule has 1 unspecified atom stereocenters. The Balaban J connectivity index is 1.85. The van der Waals surface area contributed by atoms with Crippen LogP contribution in [0.25, 0.3) is 11.0 Å². The van der Waals surface area contributed by atoms with Gasteiger partial charge in [-0.05, 0) is 30.4 Å². The van der Waals surface area contributed by atoms with Crippen molar-refractivity contribution in [1.82, 2.24) is 20.2 Å². The Morgan fingerprint density at radius 2 is 2.33 bits per heavy atom. The fourth-order valence-corrected chi connectivity index (χ4v) is 3.91. The van der Waals surface area contributed by atoms with E-state index >= 15 is 0 Å². The van der Waals surface area contributed by atoms with Crippen LogP contribution in [0.15, 0.2) is 17.6 Å². The minimum Gasteiger partial charge on any atom is -0.357 e. The Morgan fingerprint density at radius 1 is 1.43 bits per heavy atom. The van der Waals surface area contributed by atoms with Crippen molar-refractivity contribution in [3.05, 3.63) is 28.1 Å². The fraction of sp³-hybridized carbons (Fsp3) is 0.357. The van der Waals surface area contributed by atoms with Crippen molar-refractivity contribution in [3.63, 3.8) is 0 Å². The molecule has 1 atom stereocenters. The van der Waals surface area contributed by atoms with Crippen molar-refractivity contribution in [1.29, 1.82) is 0 Å². The first-order valence-corrected chi connectivity index (χ1v) is 7.87. The predicted octanol–water partition coefficient (Wildman–Crippen LogP) is 2.58. The molecule has 2 N–H and O–H groups in total. The zero-order valence-electron chi connectivity index (χ0n) is 11.9. The van der Waals surface area contributed by atoms with Crippen molar-refractivity contribution in [2.24, 2.45) is 0 Å². The number of aromatic amines is 1. The highest BCUT2D eigenvalue weighted by Gasteiger charge is 2.27. The lowest BCUT2D eigenvalue weighted by molar-refractivity contribution is 0.627. The number of rotatable bonds is 2. The maximum absolute atomic E-state index is 4.67. The van der Waals surface area contributed by atoms with Gasteiger partial charge in [-0.1, -0.05) is 0 Å². The number of nitrogens with one attached hydrogen (secondary N) is 2. The number of aromatic nitrogens is 4. The zero-order chi connectivity index (χ0) is 14.4. The maximum Gasteiger partial charge on any atom is 0.226 e. The van der Waals surface area contributed by atoms with Crippen LogP contribution in [0, 0.1) is 0 Å². The summed E-state index contributed by atoms with van der Waals surface area (Å²) in [7, 11) is 1.83. The van der Waals surface area contributed by atoms with Crippen LogP contribution in [0.3, 0.4) is 0 Å². The summed E-state index contributed by atoms with van der Waals surface area (Å²) in [6.45, 7) is 3.20. The summed E-state index contributed by atoms with van der Waals surface area (Å²) in [5.74, 6) is 1.56. The molecule has 0 aliphatic carbocycles. The van der Waals surface area contributed by atoms with Gasteiger partial charge in [0.2, 0.25) is 5.95 Å². The quantitative estimate of drug-likeness (QED) is 0.761. The third kappa shape index (κ3) is 1.88. The molecule has 6 nitrogen and oxygen atoms in total. The third-order valence-electron chi connectivity index (χ3n) is 4.06. The number of anilines is 2. The van der Waals surface area contributed by atoms with Crippen molar-refractivity contribution in [3.8, 4) is 0 Å². The van der Waals surface area contributed by atoms with Crippen molar-refractivity contribution in [2.75, 3.05) is 23.8 Å². The Morgan fingerprint density at radius 3 is 3.19 bits per heavy atom. The first-order chi connectivity index (χ1) is 10.3. The summed E-state index contributed by atoms with van der Waals surface area (Å²) < 4.78 is 0. The molecule has 0 spiro atoms. The molecule has 0 fully saturated rings. The van der Waals surface area contributed by atoms with E-state index in [0.29, 0.717) is 12.0 Å². The normalized spacial score (nSPS) is 18.0. The number of thiophene rings is 1. The van der Waals surface area contributed by atoms with Crippen LogP contribution in [0.2, 0.25) is 0 Å². The van der Waals surface area contributed by atoms with E-state index in [4.69, 9.17) is 0 Å². The maximum atomic E-state index is 4.67. The number of H-pyrrole nitrogens is 1. The smallest absolute Gasteiger partial charge is 0.226 e. The molecule has 0 saturated carbocycles. The van der Waals surface area contributed by atoms with E-state index in [1.807, 2.05) is 18.4 Å². The lowest BCUT2D eigenvalue weighted by Gasteiger charge is -2.34. The minimum absolute atomic E-state index is 0.317. The summed E-state index contributed by atoms with van der Waals surface area (Å²) in [5.41, 5.74) is 2.18. The summed E-state index contributed by atoms with van der Waals surface area (Å²) in [6, 6.07) is 2.54. The molecule has 3 aromatic rings. The van der Waals surface area contributed by atoms with E-state index in [2.05, 4.69) is 48.8 Å². The first kappa shape index (κ1) is 12.6. The van der Waals surface area contributed by atoms with Gasteiger partial charge in [0.05, 0.1) is 17.6 Å². The number of hydrogen-bond donors (Lipinski definition) is 2. The average Bonchev–Trinajstić information content (AvgIpc) is 3.15. The van der Waals surface area contributed by atoms with Gasteiger partial charge >= 0.3 is 0 Å². The molecule has 4 heterocycles. The molecule has 0 aromatic carbocycles. The van der Waals surface area contributed by atoms with E-state index in [-0.39, 0.29) is 0 Å². The van der Waals surface area contributed by atoms with Crippen LogP contribution >= 0.6 is 11.3 Å². The van der Waals surface area contributed by atoms with Crippen LogP contribution in [0.4, 0.5) is 11.8 Å². The second-order valence-corrected chi connectivity index (χ2v) is 6.17. The lowest BCUT2D eigenvalue weighted by Crippen LogP contribution is -2.34. The molecule has 0 amide bonds. The Labute approximate surface area is 126 Å². The van der Waals surface area contributed by atoms with Gasteiger partial charge in [0.25, 0.3) is 0 Å². The molecule has 0 saturated heterocycles. The van der Waals surface area contributed by atoms with E-state index in [1.54, 1.807) is 6.20 Å². The monoisotopic (exact) mass is 300 g/mol. The number of hydrogen-bond acceptors (Lipinski definition) is 6. The molecule has 4 rings (SSSR count). The predicted molar refractivity (Wildman–Crippen MR) is 85.0 cm³/mol. The average molecular weight is 300 g/mol. The highest BCUT2D eigenvalue weighted by atomic mass is 32.1. The second kappa shape index (κ2) is 4.70. The van der Waals surface area contributed by atoms with E-state index in [0.717, 1.165) is 29.8 Å². The standard InChI is InChI=1S/C14H16N6S/c1-8-9-4-6-21-11(9)3-5-20(8)13-10-7-16-19-12(10)17-14(15-2)18-13/h4,6-8H,3,5H2,1-2H3,(H2,15,16,17,18,19). The van der Waals surface area contributed by atoms with E-state index in [1.165, 1.54) is 10.4 Å². The highest BCUT2D eigenvalue weighted by molar-refractivity contribution is 7.10. The van der Waals surface area contributed by atoms with Gasteiger partial charge in [-0.15, -0.1) is 11.3 Å². The minimum atomic E-state index is 0.317. The van der Waals surface area contributed by atoms with Crippen molar-refractivity contribution in [2.45, 2.75) is 19.4 Å². The van der Waals surface area contributed by atoms with Crippen LogP contribution in [-0.2, 0) is 6.42 Å². The fourth-order valence-electron chi connectivity index (χ4n) is 2.95. The number of nitrogens with zero attached hydrogens (tertiary/aromatic N) is 4. The Kier molecular flexibility index (Phi) is 2.81. The molecular weight excluding hydrogens is 284 g/mol. The molecule has 3 aromatic heterocycles. The van der Waals surface area contributed by atoms with E-state index < -0.39 is 0 Å². The van der Waals surface area contributed by atoms with Gasteiger partial charge in [-0.25, -0.2) is 0 Å². The summed E-state index contributed by atoms with van der Waals surface area (Å²) in [5, 5.41) is 13.2. The molecule has 0 radical (unpaired) electrons. The first-order valence-electron chi connectivity index (χ1n) is 6.99. The van der Waals surface area contributed by atoms with Crippen LogP contribution in [0.5, 0.6) is 0 Å². The van der Waals surface area contributed by atoms with Crippen molar-refractivity contribution >= 4 is 34.1 Å². The van der Waals surface area contributed by atoms with Crippen molar-refractivity contribution < 1.29 is 0 Å². The largest absolute Gasteiger partial charge is 0.357 e. The van der Waals surface area contributed by atoms with Crippen LogP contribution in [-0.4, -0.2) is 33.8 Å². The molecule has 1 aliphatic heterocycles. The molecule has 1 aliphatic rings. The van der Waals surface area contributed by atoms with Crippen LogP contribution in [0.1, 0.15) is 23.4 Å². The summed E-state index contributed by atoms with van der Waals surface area (Å²) in [6.07, 6.45) is 2.87. The molecular formula is C14H16N6S. The van der Waals surface area contributed by atoms with Crippen LogP contribution < -0.4 is 10.2 Å². The topological polar surface area (TPSA) is 69.7 Å². The summed E-state index contributed by atoms with van der Waals surface area (Å²) >= 11 is 1.85. The lowest BCUT2D eigenvalue weighted by atomic mass is 10.0. The second-order valence-electron chi connectivity index (χ2n) is 5.17. The van der Waals surface area contributed by atoms with Gasteiger partial charge in [0.1, 0.15) is 5.82 Å². The van der Waals surface area contributed by atoms with Gasteiger partial charge in [0.15, 0.2) is 5.65 Å². The van der Waals surface area contributed by atoms with Gasteiger partial charge < -0.3 is 10.2 Å². The highest BCUT2D eigenvalue weighted by Crippen LogP contribution is 2.37. The summed E-state index contributed by atoms with van der Waals surface area (Å²) in [4.78, 5) is 12.9.